The van der Waals surface area contributed by atoms with Gasteiger partial charge in [0.15, 0.2) is 0 Å². The lowest BCUT2D eigenvalue weighted by atomic mass is 10.4. The lowest BCUT2D eigenvalue weighted by Gasteiger charge is -2.26. The van der Waals surface area contributed by atoms with Crippen LogP contribution in [0.2, 0.25) is 0 Å². The Bertz CT molecular complexity index is 221. The molecule has 1 heterocycles. The molecule has 0 aromatic carbocycles. The zero-order valence-electron chi connectivity index (χ0n) is 7.21. The number of rotatable bonds is 3. The van der Waals surface area contributed by atoms with Gasteiger partial charge in [-0.2, -0.15) is 0 Å². The van der Waals surface area contributed by atoms with Crippen LogP contribution in [0.25, 0.3) is 0 Å². The summed E-state index contributed by atoms with van der Waals surface area (Å²) in [5, 5.41) is 4.87. The molecule has 1 aliphatic rings. The minimum atomic E-state index is -3.07. The van der Waals surface area contributed by atoms with E-state index in [0.29, 0.717) is 0 Å². The maximum atomic E-state index is 11.1. The highest BCUT2D eigenvalue weighted by atomic mass is 32.2. The van der Waals surface area contributed by atoms with Gasteiger partial charge in [0.05, 0.1) is 5.75 Å². The number of nitrogens with zero attached hydrogens (tertiary/aromatic N) is 1. The summed E-state index contributed by atoms with van der Waals surface area (Å²) in [6.07, 6.45) is 0. The highest BCUT2D eigenvalue weighted by Crippen LogP contribution is 1.91. The molecule has 0 spiro atoms. The fourth-order valence-corrected chi connectivity index (χ4v) is 1.72. The monoisotopic (exact) mass is 193 g/mol. The van der Waals surface area contributed by atoms with Gasteiger partial charge in [0.1, 0.15) is 0 Å². The van der Waals surface area contributed by atoms with Crippen LogP contribution in [0.4, 0.5) is 0 Å². The van der Waals surface area contributed by atoms with E-state index in [1.165, 1.54) is 0 Å². The normalized spacial score (nSPS) is 21.1. The zero-order valence-corrected chi connectivity index (χ0v) is 8.02. The second-order valence-corrected chi connectivity index (χ2v) is 4.72. The number of sulfonamides is 1. The summed E-state index contributed by atoms with van der Waals surface area (Å²) < 4.78 is 22.2. The largest absolute Gasteiger partial charge is 0.314 e. The van der Waals surface area contributed by atoms with E-state index >= 15 is 0 Å². The highest BCUT2D eigenvalue weighted by Gasteiger charge is 2.14. The first-order valence-electron chi connectivity index (χ1n) is 4.10. The number of nitrogens with one attached hydrogen (secondary N) is 2. The average molecular weight is 193 g/mol. The van der Waals surface area contributed by atoms with E-state index in [-0.39, 0.29) is 5.75 Å². The van der Waals surface area contributed by atoms with Crippen molar-refractivity contribution in [2.75, 3.05) is 31.9 Å². The SMILES string of the molecule is CCS(=O)(=O)NN1CCNCC1. The van der Waals surface area contributed by atoms with Gasteiger partial charge in [-0.05, 0) is 6.92 Å². The van der Waals surface area contributed by atoms with Gasteiger partial charge >= 0.3 is 0 Å². The fourth-order valence-electron chi connectivity index (χ4n) is 1.02. The molecule has 0 atom stereocenters. The minimum Gasteiger partial charge on any atom is -0.314 e. The molecule has 0 aromatic rings. The van der Waals surface area contributed by atoms with E-state index in [9.17, 15) is 8.42 Å². The molecular weight excluding hydrogens is 178 g/mol. The van der Waals surface area contributed by atoms with Crippen LogP contribution in [0.15, 0.2) is 0 Å². The van der Waals surface area contributed by atoms with Crippen LogP contribution in [0.5, 0.6) is 0 Å². The van der Waals surface area contributed by atoms with E-state index in [4.69, 9.17) is 0 Å². The predicted molar refractivity (Wildman–Crippen MR) is 47.0 cm³/mol. The molecule has 0 aliphatic carbocycles. The predicted octanol–water partition coefficient (Wildman–Crippen LogP) is -1.25. The Labute approximate surface area is 73.1 Å². The van der Waals surface area contributed by atoms with Crippen molar-refractivity contribution in [1.82, 2.24) is 15.2 Å². The van der Waals surface area contributed by atoms with Crippen LogP contribution in [-0.2, 0) is 10.0 Å². The van der Waals surface area contributed by atoms with Crippen LogP contribution in [0.3, 0.4) is 0 Å². The first-order chi connectivity index (χ1) is 5.64. The molecule has 72 valence electrons. The molecule has 12 heavy (non-hydrogen) atoms. The van der Waals surface area contributed by atoms with E-state index < -0.39 is 10.0 Å². The number of hydrogen-bond acceptors (Lipinski definition) is 4. The smallest absolute Gasteiger partial charge is 0.224 e. The summed E-state index contributed by atoms with van der Waals surface area (Å²) in [5.41, 5.74) is 0. The van der Waals surface area contributed by atoms with Gasteiger partial charge in [0, 0.05) is 26.2 Å². The van der Waals surface area contributed by atoms with E-state index in [1.54, 1.807) is 11.9 Å². The molecule has 2 N–H and O–H groups in total. The van der Waals surface area contributed by atoms with Crippen LogP contribution in [0, 0.1) is 0 Å². The first-order valence-corrected chi connectivity index (χ1v) is 5.75. The number of hydrazine groups is 1. The summed E-state index contributed by atoms with van der Waals surface area (Å²) in [6.45, 7) is 4.78. The molecule has 0 unspecified atom stereocenters. The van der Waals surface area contributed by atoms with Gasteiger partial charge in [0.2, 0.25) is 10.0 Å². The first kappa shape index (κ1) is 9.91. The van der Waals surface area contributed by atoms with Crippen molar-refractivity contribution >= 4 is 10.0 Å². The average Bonchev–Trinajstić information content (AvgIpc) is 2.06. The van der Waals surface area contributed by atoms with Gasteiger partial charge in [-0.1, -0.05) is 0 Å². The third-order valence-electron chi connectivity index (χ3n) is 1.77. The minimum absolute atomic E-state index is 0.136. The van der Waals surface area contributed by atoms with Crippen LogP contribution in [-0.4, -0.2) is 45.4 Å². The van der Waals surface area contributed by atoms with Crippen molar-refractivity contribution in [3.63, 3.8) is 0 Å². The lowest BCUT2D eigenvalue weighted by molar-refractivity contribution is 0.211. The van der Waals surface area contributed by atoms with E-state index in [1.807, 2.05) is 0 Å². The van der Waals surface area contributed by atoms with Crippen LogP contribution < -0.4 is 10.1 Å². The zero-order chi connectivity index (χ0) is 9.03. The van der Waals surface area contributed by atoms with Crippen LogP contribution in [0.1, 0.15) is 6.92 Å². The molecule has 5 nitrogen and oxygen atoms in total. The number of hydrogen-bond donors (Lipinski definition) is 2. The summed E-state index contributed by atoms with van der Waals surface area (Å²) in [6, 6.07) is 0. The molecule has 6 heteroatoms. The second kappa shape index (κ2) is 4.18. The molecule has 0 aromatic heterocycles. The molecular formula is C6H15N3O2S. The summed E-state index contributed by atoms with van der Waals surface area (Å²) in [4.78, 5) is 2.51. The van der Waals surface area contributed by atoms with Crippen molar-refractivity contribution in [3.8, 4) is 0 Å². The van der Waals surface area contributed by atoms with Crippen molar-refractivity contribution < 1.29 is 8.42 Å². The Kier molecular flexibility index (Phi) is 3.45. The Balaban J connectivity index is 2.39. The van der Waals surface area contributed by atoms with E-state index in [2.05, 4.69) is 10.1 Å². The summed E-state index contributed by atoms with van der Waals surface area (Å²) in [7, 11) is -3.07. The Morgan fingerprint density at radius 3 is 2.50 bits per heavy atom. The fraction of sp³-hybridized carbons (Fsp3) is 1.00. The molecule has 1 saturated heterocycles. The lowest BCUT2D eigenvalue weighted by Crippen LogP contribution is -2.52. The van der Waals surface area contributed by atoms with Crippen LogP contribution >= 0.6 is 0 Å². The highest BCUT2D eigenvalue weighted by molar-refractivity contribution is 7.89. The van der Waals surface area contributed by atoms with Gasteiger partial charge in [0.25, 0.3) is 0 Å². The van der Waals surface area contributed by atoms with Gasteiger partial charge in [-0.3, -0.25) is 0 Å². The maximum Gasteiger partial charge on any atom is 0.224 e. The number of piperazine rings is 1. The summed E-state index contributed by atoms with van der Waals surface area (Å²) in [5.74, 6) is 0.136. The second-order valence-electron chi connectivity index (χ2n) is 2.73. The third-order valence-corrected chi connectivity index (χ3v) is 3.06. The van der Waals surface area contributed by atoms with Crippen molar-refractivity contribution in [2.45, 2.75) is 6.92 Å². The van der Waals surface area contributed by atoms with Gasteiger partial charge < -0.3 is 5.32 Å². The third kappa shape index (κ3) is 3.06. The Morgan fingerprint density at radius 2 is 2.00 bits per heavy atom. The molecule has 0 radical (unpaired) electrons. The van der Waals surface area contributed by atoms with Gasteiger partial charge in [-0.25, -0.2) is 13.4 Å². The summed E-state index contributed by atoms with van der Waals surface area (Å²) >= 11 is 0. The topological polar surface area (TPSA) is 61.4 Å². The molecule has 1 aliphatic heterocycles. The molecule has 0 amide bonds. The van der Waals surface area contributed by atoms with E-state index in [0.717, 1.165) is 26.2 Å². The molecule has 1 rings (SSSR count). The van der Waals surface area contributed by atoms with Crippen molar-refractivity contribution in [1.29, 1.82) is 0 Å². The van der Waals surface area contributed by atoms with Gasteiger partial charge in [-0.15, -0.1) is 4.83 Å². The molecule has 0 bridgehead atoms. The Morgan fingerprint density at radius 1 is 1.42 bits per heavy atom. The quantitative estimate of drug-likeness (QED) is 0.588. The molecule has 0 saturated carbocycles. The van der Waals surface area contributed by atoms with Crippen molar-refractivity contribution in [2.24, 2.45) is 0 Å². The Hall–Kier alpha value is -0.170. The maximum absolute atomic E-state index is 11.1. The van der Waals surface area contributed by atoms with Crippen molar-refractivity contribution in [3.05, 3.63) is 0 Å². The molecule has 1 fully saturated rings. The standard InChI is InChI=1S/C6H15N3O2S/c1-2-12(10,11)8-9-5-3-7-4-6-9/h7-8H,2-6H2,1H3.